The van der Waals surface area contributed by atoms with Gasteiger partial charge in [-0.25, -0.2) is 4.39 Å². The highest BCUT2D eigenvalue weighted by Crippen LogP contribution is 2.35. The van der Waals surface area contributed by atoms with Gasteiger partial charge in [0.25, 0.3) is 0 Å². The Hall–Kier alpha value is -1.31. The van der Waals surface area contributed by atoms with Crippen molar-refractivity contribution in [2.75, 3.05) is 7.11 Å². The van der Waals surface area contributed by atoms with Crippen LogP contribution in [0.1, 0.15) is 5.56 Å². The first-order valence-electron chi connectivity index (χ1n) is 5.53. The van der Waals surface area contributed by atoms with Gasteiger partial charge >= 0.3 is 6.18 Å². The molecule has 6 heteroatoms. The Labute approximate surface area is 126 Å². The summed E-state index contributed by atoms with van der Waals surface area (Å²) in [4.78, 5) is 0. The number of hydrogen-bond acceptors (Lipinski definition) is 1. The third kappa shape index (κ3) is 3.05. The molecule has 0 fully saturated rings. The van der Waals surface area contributed by atoms with Gasteiger partial charge < -0.3 is 4.74 Å². The van der Waals surface area contributed by atoms with Gasteiger partial charge in [-0.15, -0.1) is 0 Å². The molecule has 106 valence electrons. The van der Waals surface area contributed by atoms with Gasteiger partial charge in [-0.2, -0.15) is 13.2 Å². The fraction of sp³-hybridized carbons (Fsp3) is 0.143. The predicted molar refractivity (Wildman–Crippen MR) is 76.1 cm³/mol. The van der Waals surface area contributed by atoms with Crippen molar-refractivity contribution >= 4 is 22.6 Å². The zero-order valence-electron chi connectivity index (χ0n) is 10.3. The van der Waals surface area contributed by atoms with Crippen LogP contribution in [0.5, 0.6) is 5.75 Å². The molecule has 2 rings (SSSR count). The van der Waals surface area contributed by atoms with Crippen LogP contribution in [0.3, 0.4) is 0 Å². The first kappa shape index (κ1) is 15.1. The largest absolute Gasteiger partial charge is 0.496 e. The van der Waals surface area contributed by atoms with Gasteiger partial charge in [-0.3, -0.25) is 0 Å². The minimum absolute atomic E-state index is 0.0772. The highest BCUT2D eigenvalue weighted by molar-refractivity contribution is 14.1. The molecule has 0 radical (unpaired) electrons. The maximum atomic E-state index is 13.9. The standard InChI is InChI=1S/C14H9F4IO/c1-20-13-6-10(11(15)7-12(13)19)8-3-2-4-9(5-8)14(16,17)18/h2-7H,1H3. The van der Waals surface area contributed by atoms with Crippen LogP contribution in [0.15, 0.2) is 36.4 Å². The van der Waals surface area contributed by atoms with Gasteiger partial charge in [0.2, 0.25) is 0 Å². The molecule has 0 heterocycles. The zero-order valence-corrected chi connectivity index (χ0v) is 12.4. The lowest BCUT2D eigenvalue weighted by Crippen LogP contribution is -2.04. The smallest absolute Gasteiger partial charge is 0.416 e. The Morgan fingerprint density at radius 3 is 2.40 bits per heavy atom. The molecule has 0 amide bonds. The van der Waals surface area contributed by atoms with Gasteiger partial charge in [0.05, 0.1) is 16.2 Å². The van der Waals surface area contributed by atoms with Crippen molar-refractivity contribution in [3.8, 4) is 16.9 Å². The number of alkyl halides is 3. The summed E-state index contributed by atoms with van der Waals surface area (Å²) in [6, 6.07) is 7.18. The summed E-state index contributed by atoms with van der Waals surface area (Å²) >= 11 is 1.90. The summed E-state index contributed by atoms with van der Waals surface area (Å²) in [5.41, 5.74) is -0.577. The fourth-order valence-electron chi connectivity index (χ4n) is 1.77. The van der Waals surface area contributed by atoms with Crippen LogP contribution >= 0.6 is 22.6 Å². The van der Waals surface area contributed by atoms with E-state index in [2.05, 4.69) is 0 Å². The molecular weight excluding hydrogens is 387 g/mol. The third-order valence-corrected chi connectivity index (χ3v) is 3.59. The van der Waals surface area contributed by atoms with E-state index in [4.69, 9.17) is 4.74 Å². The van der Waals surface area contributed by atoms with Crippen molar-refractivity contribution in [3.63, 3.8) is 0 Å². The molecule has 2 aromatic carbocycles. The molecule has 0 aromatic heterocycles. The van der Waals surface area contributed by atoms with Crippen LogP contribution in [0.2, 0.25) is 0 Å². The Morgan fingerprint density at radius 1 is 1.10 bits per heavy atom. The molecule has 20 heavy (non-hydrogen) atoms. The van der Waals surface area contributed by atoms with E-state index in [0.29, 0.717) is 9.32 Å². The molecule has 0 saturated heterocycles. The number of halogens is 5. The Morgan fingerprint density at radius 2 is 1.80 bits per heavy atom. The first-order valence-corrected chi connectivity index (χ1v) is 6.61. The predicted octanol–water partition coefficient (Wildman–Crippen LogP) is 5.12. The molecule has 0 atom stereocenters. The van der Waals surface area contributed by atoms with Gasteiger partial charge in [-0.1, -0.05) is 12.1 Å². The zero-order chi connectivity index (χ0) is 14.9. The number of rotatable bonds is 2. The minimum Gasteiger partial charge on any atom is -0.496 e. The normalized spacial score (nSPS) is 11.5. The Balaban J connectivity index is 2.57. The monoisotopic (exact) mass is 396 g/mol. The lowest BCUT2D eigenvalue weighted by atomic mass is 10.0. The average molecular weight is 396 g/mol. The Kier molecular flexibility index (Phi) is 4.22. The van der Waals surface area contributed by atoms with Crippen LogP contribution < -0.4 is 4.74 Å². The number of benzene rings is 2. The maximum absolute atomic E-state index is 13.9. The second-order valence-corrected chi connectivity index (χ2v) is 5.21. The highest BCUT2D eigenvalue weighted by atomic mass is 127. The summed E-state index contributed by atoms with van der Waals surface area (Å²) in [6.07, 6.45) is -4.46. The van der Waals surface area contributed by atoms with Crippen molar-refractivity contribution < 1.29 is 22.3 Å². The second kappa shape index (κ2) is 5.59. The summed E-state index contributed by atoms with van der Waals surface area (Å²) in [7, 11) is 1.42. The number of methoxy groups -OCH3 is 1. The van der Waals surface area contributed by atoms with Crippen molar-refractivity contribution in [3.05, 3.63) is 51.3 Å². The van der Waals surface area contributed by atoms with E-state index in [1.54, 1.807) is 0 Å². The molecule has 0 saturated carbocycles. The van der Waals surface area contributed by atoms with Crippen molar-refractivity contribution in [2.45, 2.75) is 6.18 Å². The minimum atomic E-state index is -4.46. The molecule has 0 aliphatic carbocycles. The van der Waals surface area contributed by atoms with E-state index in [9.17, 15) is 17.6 Å². The molecule has 1 nitrogen and oxygen atoms in total. The van der Waals surface area contributed by atoms with Gasteiger partial charge in [0, 0.05) is 5.56 Å². The maximum Gasteiger partial charge on any atom is 0.416 e. The highest BCUT2D eigenvalue weighted by Gasteiger charge is 2.30. The summed E-state index contributed by atoms with van der Waals surface area (Å²) in [5, 5.41) is 0. The van der Waals surface area contributed by atoms with Crippen molar-refractivity contribution in [1.29, 1.82) is 0 Å². The van der Waals surface area contributed by atoms with Crippen LogP contribution in [-0.4, -0.2) is 7.11 Å². The van der Waals surface area contributed by atoms with E-state index >= 15 is 0 Å². The Bertz CT molecular complexity index is 638. The molecule has 0 N–H and O–H groups in total. The van der Waals surface area contributed by atoms with E-state index in [1.165, 1.54) is 31.4 Å². The fourth-order valence-corrected chi connectivity index (χ4v) is 2.42. The molecule has 0 aliphatic rings. The van der Waals surface area contributed by atoms with Crippen LogP contribution in [0.4, 0.5) is 17.6 Å². The van der Waals surface area contributed by atoms with Gasteiger partial charge in [0.15, 0.2) is 0 Å². The molecule has 0 bridgehead atoms. The molecule has 0 spiro atoms. The number of hydrogen-bond donors (Lipinski definition) is 0. The topological polar surface area (TPSA) is 9.23 Å². The quantitative estimate of drug-likeness (QED) is 0.506. The summed E-state index contributed by atoms with van der Waals surface area (Å²) < 4.78 is 57.6. The van der Waals surface area contributed by atoms with E-state index < -0.39 is 17.6 Å². The third-order valence-electron chi connectivity index (χ3n) is 2.74. The SMILES string of the molecule is COc1cc(-c2cccc(C(F)(F)F)c2)c(F)cc1I. The van der Waals surface area contributed by atoms with Crippen LogP contribution in [0, 0.1) is 9.39 Å². The molecular formula is C14H9F4IO. The number of ether oxygens (including phenoxy) is 1. The van der Waals surface area contributed by atoms with Crippen molar-refractivity contribution in [2.24, 2.45) is 0 Å². The average Bonchev–Trinajstić information content (AvgIpc) is 2.38. The van der Waals surface area contributed by atoms with Crippen LogP contribution in [-0.2, 0) is 6.18 Å². The lowest BCUT2D eigenvalue weighted by molar-refractivity contribution is -0.137. The van der Waals surface area contributed by atoms with Gasteiger partial charge in [0.1, 0.15) is 11.6 Å². The molecule has 0 aliphatic heterocycles. The van der Waals surface area contributed by atoms with Crippen molar-refractivity contribution in [1.82, 2.24) is 0 Å². The van der Waals surface area contributed by atoms with Crippen LogP contribution in [0.25, 0.3) is 11.1 Å². The second-order valence-electron chi connectivity index (χ2n) is 4.05. The summed E-state index contributed by atoms with van der Waals surface area (Å²) in [6.45, 7) is 0. The molecule has 0 unspecified atom stereocenters. The summed E-state index contributed by atoms with van der Waals surface area (Å²) in [5.74, 6) is -0.172. The van der Waals surface area contributed by atoms with E-state index in [0.717, 1.165) is 12.1 Å². The van der Waals surface area contributed by atoms with E-state index in [-0.39, 0.29) is 11.1 Å². The molecule has 2 aromatic rings. The lowest BCUT2D eigenvalue weighted by Gasteiger charge is -2.11. The first-order chi connectivity index (χ1) is 9.32. The van der Waals surface area contributed by atoms with E-state index in [1.807, 2.05) is 22.6 Å². The van der Waals surface area contributed by atoms with Gasteiger partial charge in [-0.05, 0) is 52.4 Å².